The summed E-state index contributed by atoms with van der Waals surface area (Å²) in [5, 5.41) is 0. The smallest absolute Gasteiger partial charge is 0.314 e. The van der Waals surface area contributed by atoms with Crippen molar-refractivity contribution in [3.63, 3.8) is 0 Å². The number of halogens is 3. The van der Waals surface area contributed by atoms with Crippen molar-refractivity contribution in [2.45, 2.75) is 36.5 Å². The van der Waals surface area contributed by atoms with Crippen LogP contribution < -0.4 is 0 Å². The van der Waals surface area contributed by atoms with Gasteiger partial charge in [0.05, 0.1) is 12.0 Å². The lowest BCUT2D eigenvalue weighted by atomic mass is 10.0. The fraction of sp³-hybridized carbons (Fsp3) is 0.875. The maximum Gasteiger partial charge on any atom is 0.314 e. The van der Waals surface area contributed by atoms with E-state index in [9.17, 15) is 4.79 Å². The number of rotatable bonds is 1. The summed E-state index contributed by atoms with van der Waals surface area (Å²) in [6.45, 7) is 3.64. The molecule has 0 aromatic heterocycles. The molecule has 82 valence electrons. The van der Waals surface area contributed by atoms with Gasteiger partial charge in [-0.25, -0.2) is 0 Å². The monoisotopic (exact) mass is 260 g/mol. The molecule has 1 saturated heterocycles. The van der Waals surface area contributed by atoms with Gasteiger partial charge in [0.2, 0.25) is 0 Å². The summed E-state index contributed by atoms with van der Waals surface area (Å²) < 4.78 is 8.42. The minimum absolute atomic E-state index is 0.279. The lowest BCUT2D eigenvalue weighted by Crippen LogP contribution is -2.47. The van der Waals surface area contributed by atoms with Gasteiger partial charge in [0, 0.05) is 0 Å². The molecular weight excluding hydrogens is 250 g/mol. The average molecular weight is 262 g/mol. The van der Waals surface area contributed by atoms with E-state index >= 15 is 0 Å². The third-order valence-corrected chi connectivity index (χ3v) is 2.67. The molecular formula is C8H11Cl3O3. The van der Waals surface area contributed by atoms with Crippen molar-refractivity contribution in [1.29, 1.82) is 0 Å². The van der Waals surface area contributed by atoms with Crippen LogP contribution >= 0.6 is 34.8 Å². The first kappa shape index (κ1) is 12.4. The highest BCUT2D eigenvalue weighted by Gasteiger charge is 2.45. The molecule has 0 aromatic carbocycles. The second-order valence-electron chi connectivity index (χ2n) is 3.17. The van der Waals surface area contributed by atoms with E-state index in [1.165, 1.54) is 0 Å². The number of carbonyl (C=O) groups excluding carboxylic acids is 1. The molecule has 0 radical (unpaired) electrons. The second-order valence-corrected chi connectivity index (χ2v) is 5.54. The number of ether oxygens (including phenoxy) is 2. The zero-order valence-corrected chi connectivity index (χ0v) is 10.1. The summed E-state index contributed by atoms with van der Waals surface area (Å²) in [6, 6.07) is 0. The molecule has 0 amide bonds. The molecule has 1 unspecified atom stereocenters. The lowest BCUT2D eigenvalue weighted by molar-refractivity contribution is -0.225. The van der Waals surface area contributed by atoms with Crippen LogP contribution in [0.25, 0.3) is 0 Å². The summed E-state index contributed by atoms with van der Waals surface area (Å²) in [5.74, 6) is -0.652. The van der Waals surface area contributed by atoms with Gasteiger partial charge in [0.15, 0.2) is 0 Å². The molecule has 14 heavy (non-hydrogen) atoms. The Balaban J connectivity index is 2.70. The molecule has 1 fully saturated rings. The first-order chi connectivity index (χ1) is 6.36. The van der Waals surface area contributed by atoms with Crippen molar-refractivity contribution in [3.8, 4) is 0 Å². The van der Waals surface area contributed by atoms with Crippen LogP contribution in [0.1, 0.15) is 20.3 Å². The number of alkyl halides is 3. The van der Waals surface area contributed by atoms with Gasteiger partial charge in [-0.1, -0.05) is 41.7 Å². The van der Waals surface area contributed by atoms with Crippen LogP contribution in [0.5, 0.6) is 0 Å². The highest BCUT2D eigenvalue weighted by Crippen LogP contribution is 2.37. The fourth-order valence-electron chi connectivity index (χ4n) is 1.34. The summed E-state index contributed by atoms with van der Waals surface area (Å²) in [5.41, 5.74) is 0. The van der Waals surface area contributed by atoms with Crippen molar-refractivity contribution in [3.05, 3.63) is 0 Å². The predicted octanol–water partition coefficient (Wildman–Crippen LogP) is 2.67. The third-order valence-electron chi connectivity index (χ3n) is 2.14. The van der Waals surface area contributed by atoms with Crippen LogP contribution in [0.2, 0.25) is 0 Å². The molecule has 1 heterocycles. The van der Waals surface area contributed by atoms with Gasteiger partial charge < -0.3 is 9.47 Å². The molecule has 0 spiro atoms. The van der Waals surface area contributed by atoms with Gasteiger partial charge in [-0.05, 0) is 13.3 Å². The molecule has 0 bridgehead atoms. The van der Waals surface area contributed by atoms with E-state index in [1.807, 2.05) is 6.92 Å². The second kappa shape index (κ2) is 4.44. The van der Waals surface area contributed by atoms with Crippen LogP contribution in [0.3, 0.4) is 0 Å². The number of hydrogen-bond acceptors (Lipinski definition) is 3. The standard InChI is InChI=1S/C8H11Cl3O3/c1-3-5-4(2)13-7(8(9,10)11)14-6(5)12/h4-5,7H,3H2,1-2H3/t4-,5?,7-/m1/s1. The van der Waals surface area contributed by atoms with E-state index in [-0.39, 0.29) is 18.0 Å². The number of hydrogen-bond donors (Lipinski definition) is 0. The molecule has 1 aliphatic heterocycles. The fourth-order valence-corrected chi connectivity index (χ4v) is 1.63. The van der Waals surface area contributed by atoms with Crippen LogP contribution in [0, 0.1) is 5.92 Å². The first-order valence-electron chi connectivity index (χ1n) is 4.29. The van der Waals surface area contributed by atoms with Crippen molar-refractivity contribution in [2.24, 2.45) is 5.92 Å². The Bertz CT molecular complexity index is 226. The van der Waals surface area contributed by atoms with Gasteiger partial charge >= 0.3 is 5.97 Å². The van der Waals surface area contributed by atoms with E-state index in [0.29, 0.717) is 6.42 Å². The summed E-state index contributed by atoms with van der Waals surface area (Å²) in [6.07, 6.45) is -0.758. The molecule has 3 atom stereocenters. The predicted molar refractivity (Wildman–Crippen MR) is 54.5 cm³/mol. The van der Waals surface area contributed by atoms with Crippen molar-refractivity contribution in [2.75, 3.05) is 0 Å². The van der Waals surface area contributed by atoms with E-state index in [1.54, 1.807) is 6.92 Å². The molecule has 6 heteroatoms. The quantitative estimate of drug-likeness (QED) is 0.538. The molecule has 3 nitrogen and oxygen atoms in total. The van der Waals surface area contributed by atoms with Crippen LogP contribution in [0.4, 0.5) is 0 Å². The number of cyclic esters (lactones) is 1. The Morgan fingerprint density at radius 2 is 2.00 bits per heavy atom. The molecule has 0 aliphatic carbocycles. The summed E-state index contributed by atoms with van der Waals surface area (Å²) in [4.78, 5) is 11.4. The topological polar surface area (TPSA) is 35.5 Å². The minimum atomic E-state index is -1.73. The van der Waals surface area contributed by atoms with E-state index in [2.05, 4.69) is 0 Å². The minimum Gasteiger partial charge on any atom is -0.431 e. The Kier molecular flexibility index (Phi) is 3.92. The highest BCUT2D eigenvalue weighted by atomic mass is 35.6. The third kappa shape index (κ3) is 2.66. The largest absolute Gasteiger partial charge is 0.431 e. The van der Waals surface area contributed by atoms with Crippen LogP contribution in [0.15, 0.2) is 0 Å². The molecule has 0 aromatic rings. The van der Waals surface area contributed by atoms with Crippen LogP contribution in [-0.2, 0) is 14.3 Å². The Morgan fingerprint density at radius 3 is 2.36 bits per heavy atom. The highest BCUT2D eigenvalue weighted by molar-refractivity contribution is 6.68. The maximum atomic E-state index is 11.4. The molecule has 1 rings (SSSR count). The van der Waals surface area contributed by atoms with Gasteiger partial charge in [-0.15, -0.1) is 0 Å². The van der Waals surface area contributed by atoms with Crippen molar-refractivity contribution < 1.29 is 14.3 Å². The van der Waals surface area contributed by atoms with Gasteiger partial charge in [-0.2, -0.15) is 0 Å². The molecule has 0 N–H and O–H groups in total. The zero-order chi connectivity index (χ0) is 10.9. The lowest BCUT2D eigenvalue weighted by Gasteiger charge is -2.35. The van der Waals surface area contributed by atoms with Gasteiger partial charge in [-0.3, -0.25) is 4.79 Å². The molecule has 0 saturated carbocycles. The Hall–Kier alpha value is 0.300. The van der Waals surface area contributed by atoms with Crippen molar-refractivity contribution in [1.82, 2.24) is 0 Å². The van der Waals surface area contributed by atoms with Crippen molar-refractivity contribution >= 4 is 40.8 Å². The first-order valence-corrected chi connectivity index (χ1v) is 5.42. The van der Waals surface area contributed by atoms with E-state index in [0.717, 1.165) is 0 Å². The average Bonchev–Trinajstić information content (AvgIpc) is 2.01. The summed E-state index contributed by atoms with van der Waals surface area (Å²) in [7, 11) is 0. The maximum absolute atomic E-state index is 11.4. The molecule has 1 aliphatic rings. The van der Waals surface area contributed by atoms with E-state index in [4.69, 9.17) is 44.3 Å². The van der Waals surface area contributed by atoms with Crippen LogP contribution in [-0.4, -0.2) is 22.2 Å². The zero-order valence-electron chi connectivity index (χ0n) is 7.80. The normalized spacial score (nSPS) is 34.1. The number of carbonyl (C=O) groups is 1. The van der Waals surface area contributed by atoms with Gasteiger partial charge in [0.25, 0.3) is 10.1 Å². The Morgan fingerprint density at radius 1 is 1.43 bits per heavy atom. The SMILES string of the molecule is CCC1C(=O)O[C@H](C(Cl)(Cl)Cl)O[C@@H]1C. The summed E-state index contributed by atoms with van der Waals surface area (Å²) >= 11 is 16.7. The Labute approximate surface area is 97.6 Å². The van der Waals surface area contributed by atoms with Gasteiger partial charge in [0.1, 0.15) is 0 Å². The van der Waals surface area contributed by atoms with E-state index < -0.39 is 10.1 Å². The number of esters is 1.